The number of piperazine rings is 1. The maximum absolute atomic E-state index is 12.1. The van der Waals surface area contributed by atoms with Crippen molar-refractivity contribution < 1.29 is 9.59 Å². The van der Waals surface area contributed by atoms with Crippen LogP contribution in [0.2, 0.25) is 0 Å². The molecule has 4 nitrogen and oxygen atoms in total. The Morgan fingerprint density at radius 3 is 2.25 bits per heavy atom. The number of amides is 2. The summed E-state index contributed by atoms with van der Waals surface area (Å²) >= 11 is 0. The predicted octanol–water partition coefficient (Wildman–Crippen LogP) is 0.768. The molecule has 0 bridgehead atoms. The van der Waals surface area contributed by atoms with E-state index in [0.717, 1.165) is 12.8 Å². The molecule has 1 aliphatic carbocycles. The molecule has 1 aliphatic heterocycles. The molecule has 1 N–H and O–H groups in total. The van der Waals surface area contributed by atoms with E-state index in [1.165, 1.54) is 0 Å². The van der Waals surface area contributed by atoms with Crippen molar-refractivity contribution in [3.05, 3.63) is 0 Å². The molecule has 2 unspecified atom stereocenters. The minimum atomic E-state index is -0.352. The van der Waals surface area contributed by atoms with Crippen LogP contribution in [0.3, 0.4) is 0 Å². The second-order valence-corrected chi connectivity index (χ2v) is 6.04. The van der Waals surface area contributed by atoms with Crippen LogP contribution in [0.4, 0.5) is 0 Å². The van der Waals surface area contributed by atoms with E-state index in [2.05, 4.69) is 5.32 Å². The number of nitrogens with one attached hydrogen (secondary N) is 1. The molecule has 2 rings (SSSR count). The van der Waals surface area contributed by atoms with Crippen molar-refractivity contribution in [3.8, 4) is 0 Å². The van der Waals surface area contributed by atoms with Gasteiger partial charge in [0.1, 0.15) is 12.1 Å². The van der Waals surface area contributed by atoms with Crippen molar-refractivity contribution in [2.45, 2.75) is 45.7 Å². The van der Waals surface area contributed by atoms with Crippen LogP contribution >= 0.6 is 0 Å². The molecule has 2 amide bonds. The number of nitrogens with zero attached hydrogens (tertiary/aromatic N) is 1. The SMILES string of the molecule is CN1C(=O)C(C2CC2)NC(=O)C1C(C)(C)C. The summed E-state index contributed by atoms with van der Waals surface area (Å²) in [7, 11) is 1.74. The van der Waals surface area contributed by atoms with Gasteiger partial charge in [-0.2, -0.15) is 0 Å². The molecule has 90 valence electrons. The van der Waals surface area contributed by atoms with Gasteiger partial charge >= 0.3 is 0 Å². The van der Waals surface area contributed by atoms with Crippen LogP contribution in [0.1, 0.15) is 33.6 Å². The first kappa shape index (κ1) is 11.4. The number of likely N-dealkylation sites (N-methyl/N-ethyl adjacent to an activating group) is 1. The first-order chi connectivity index (χ1) is 7.32. The van der Waals surface area contributed by atoms with Gasteiger partial charge in [-0.1, -0.05) is 20.8 Å². The molecule has 2 aliphatic rings. The molecule has 1 heterocycles. The van der Waals surface area contributed by atoms with Crippen LogP contribution in [0.5, 0.6) is 0 Å². The summed E-state index contributed by atoms with van der Waals surface area (Å²) in [5, 5.41) is 2.88. The molecule has 0 aromatic carbocycles. The van der Waals surface area contributed by atoms with Crippen molar-refractivity contribution in [3.63, 3.8) is 0 Å². The Bertz CT molecular complexity index is 328. The second kappa shape index (κ2) is 3.47. The van der Waals surface area contributed by atoms with Gasteiger partial charge in [0.15, 0.2) is 0 Å². The van der Waals surface area contributed by atoms with Crippen LogP contribution in [-0.2, 0) is 9.59 Å². The zero-order valence-electron chi connectivity index (χ0n) is 10.4. The Kier molecular flexibility index (Phi) is 2.48. The van der Waals surface area contributed by atoms with Gasteiger partial charge in [-0.3, -0.25) is 9.59 Å². The van der Waals surface area contributed by atoms with Crippen LogP contribution in [-0.4, -0.2) is 35.8 Å². The van der Waals surface area contributed by atoms with E-state index in [-0.39, 0.29) is 29.3 Å². The molecule has 0 aromatic heterocycles. The molecule has 0 radical (unpaired) electrons. The Morgan fingerprint density at radius 2 is 1.81 bits per heavy atom. The maximum Gasteiger partial charge on any atom is 0.245 e. The number of hydrogen-bond acceptors (Lipinski definition) is 2. The number of carbonyl (C=O) groups excluding carboxylic acids is 2. The second-order valence-electron chi connectivity index (χ2n) is 6.04. The van der Waals surface area contributed by atoms with Gasteiger partial charge < -0.3 is 10.2 Å². The zero-order valence-corrected chi connectivity index (χ0v) is 10.4. The van der Waals surface area contributed by atoms with Gasteiger partial charge in [0, 0.05) is 7.05 Å². The van der Waals surface area contributed by atoms with Gasteiger partial charge in [0.2, 0.25) is 11.8 Å². The van der Waals surface area contributed by atoms with Crippen molar-refractivity contribution in [2.75, 3.05) is 7.05 Å². The molecule has 16 heavy (non-hydrogen) atoms. The normalized spacial score (nSPS) is 31.6. The van der Waals surface area contributed by atoms with Crippen molar-refractivity contribution in [2.24, 2.45) is 11.3 Å². The van der Waals surface area contributed by atoms with Crippen LogP contribution in [0, 0.1) is 11.3 Å². The van der Waals surface area contributed by atoms with Crippen molar-refractivity contribution in [1.82, 2.24) is 10.2 Å². The summed E-state index contributed by atoms with van der Waals surface area (Å²) < 4.78 is 0. The molecule has 2 atom stereocenters. The minimum Gasteiger partial charge on any atom is -0.342 e. The van der Waals surface area contributed by atoms with E-state index < -0.39 is 0 Å². The maximum atomic E-state index is 12.1. The third-order valence-corrected chi connectivity index (χ3v) is 3.46. The number of carbonyl (C=O) groups is 2. The third kappa shape index (κ3) is 1.81. The summed E-state index contributed by atoms with van der Waals surface area (Å²) in [6.45, 7) is 5.95. The molecular formula is C12H20N2O2. The van der Waals surface area contributed by atoms with Gasteiger partial charge in [-0.25, -0.2) is 0 Å². The van der Waals surface area contributed by atoms with Gasteiger partial charge in [-0.05, 0) is 24.2 Å². The highest BCUT2D eigenvalue weighted by Gasteiger charge is 2.48. The van der Waals surface area contributed by atoms with E-state index >= 15 is 0 Å². The smallest absolute Gasteiger partial charge is 0.245 e. The topological polar surface area (TPSA) is 49.4 Å². The summed E-state index contributed by atoms with van der Waals surface area (Å²) in [6, 6.07) is -0.619. The van der Waals surface area contributed by atoms with Crippen LogP contribution in [0.15, 0.2) is 0 Å². The van der Waals surface area contributed by atoms with Crippen molar-refractivity contribution in [1.29, 1.82) is 0 Å². The molecule has 1 saturated heterocycles. The predicted molar refractivity (Wildman–Crippen MR) is 60.7 cm³/mol. The Hall–Kier alpha value is -1.06. The lowest BCUT2D eigenvalue weighted by Crippen LogP contribution is -2.66. The summed E-state index contributed by atoms with van der Waals surface area (Å²) in [6.07, 6.45) is 2.12. The molecular weight excluding hydrogens is 204 g/mol. The van der Waals surface area contributed by atoms with Crippen LogP contribution in [0.25, 0.3) is 0 Å². The number of hydrogen-bond donors (Lipinski definition) is 1. The largest absolute Gasteiger partial charge is 0.342 e. The van der Waals surface area contributed by atoms with Gasteiger partial charge in [0.05, 0.1) is 0 Å². The van der Waals surface area contributed by atoms with E-state index in [1.54, 1.807) is 11.9 Å². The lowest BCUT2D eigenvalue weighted by atomic mass is 9.83. The lowest BCUT2D eigenvalue weighted by Gasteiger charge is -2.42. The standard InChI is InChI=1S/C12H20N2O2/c1-12(2,3)9-10(15)13-8(7-5-6-7)11(16)14(9)4/h7-9H,5-6H2,1-4H3,(H,13,15). The average molecular weight is 224 g/mol. The minimum absolute atomic E-state index is 0.00787. The molecule has 4 heteroatoms. The highest BCUT2D eigenvalue weighted by atomic mass is 16.2. The summed E-state index contributed by atoms with van der Waals surface area (Å²) in [5.41, 5.74) is -0.219. The van der Waals surface area contributed by atoms with E-state index in [9.17, 15) is 9.59 Å². The number of rotatable bonds is 1. The fraction of sp³-hybridized carbons (Fsp3) is 0.833. The van der Waals surface area contributed by atoms with Gasteiger partial charge in [0.25, 0.3) is 0 Å². The van der Waals surface area contributed by atoms with E-state index in [0.29, 0.717) is 5.92 Å². The van der Waals surface area contributed by atoms with E-state index in [1.807, 2.05) is 20.8 Å². The molecule has 1 saturated carbocycles. The Balaban J connectivity index is 2.20. The summed E-state index contributed by atoms with van der Waals surface area (Å²) in [5.74, 6) is 0.438. The quantitative estimate of drug-likeness (QED) is 0.715. The molecule has 0 spiro atoms. The highest BCUT2D eigenvalue weighted by Crippen LogP contribution is 2.36. The fourth-order valence-electron chi connectivity index (χ4n) is 2.54. The van der Waals surface area contributed by atoms with Gasteiger partial charge in [-0.15, -0.1) is 0 Å². The zero-order chi connectivity index (χ0) is 12.1. The van der Waals surface area contributed by atoms with Crippen LogP contribution < -0.4 is 5.32 Å². The average Bonchev–Trinajstić information content (AvgIpc) is 2.92. The summed E-state index contributed by atoms with van der Waals surface area (Å²) in [4.78, 5) is 25.8. The van der Waals surface area contributed by atoms with Crippen molar-refractivity contribution >= 4 is 11.8 Å². The Morgan fingerprint density at radius 1 is 1.25 bits per heavy atom. The highest BCUT2D eigenvalue weighted by molar-refractivity contribution is 5.97. The first-order valence-corrected chi connectivity index (χ1v) is 5.89. The lowest BCUT2D eigenvalue weighted by molar-refractivity contribution is -0.152. The monoisotopic (exact) mass is 224 g/mol. The molecule has 0 aromatic rings. The first-order valence-electron chi connectivity index (χ1n) is 5.89. The molecule has 2 fully saturated rings. The fourth-order valence-corrected chi connectivity index (χ4v) is 2.54. The third-order valence-electron chi connectivity index (χ3n) is 3.46. The Labute approximate surface area is 96.4 Å². The van der Waals surface area contributed by atoms with E-state index in [4.69, 9.17) is 0 Å².